The van der Waals surface area contributed by atoms with Crippen LogP contribution in [0, 0.1) is 19.7 Å². The summed E-state index contributed by atoms with van der Waals surface area (Å²) >= 11 is 5.95. The highest BCUT2D eigenvalue weighted by molar-refractivity contribution is 6.30. The number of morpholine rings is 1. The Morgan fingerprint density at radius 2 is 1.88 bits per heavy atom. The predicted molar refractivity (Wildman–Crippen MR) is 118 cm³/mol. The lowest BCUT2D eigenvalue weighted by atomic mass is 10.1. The van der Waals surface area contributed by atoms with Crippen molar-refractivity contribution in [2.24, 2.45) is 0 Å². The fraction of sp³-hybridized carbons (Fsp3) is 0.273. The molecular weight excluding hydrogens is 433 g/mol. The van der Waals surface area contributed by atoms with E-state index in [9.17, 15) is 4.39 Å². The molecule has 8 nitrogen and oxygen atoms in total. The predicted octanol–water partition coefficient (Wildman–Crippen LogP) is 3.86. The molecule has 1 aliphatic rings. The molecule has 32 heavy (non-hydrogen) atoms. The first-order valence-electron chi connectivity index (χ1n) is 10.1. The van der Waals surface area contributed by atoms with Crippen LogP contribution in [0.15, 0.2) is 36.8 Å². The number of aromatic nitrogens is 6. The summed E-state index contributed by atoms with van der Waals surface area (Å²) in [6.07, 6.45) is 4.91. The zero-order chi connectivity index (χ0) is 22.2. The van der Waals surface area contributed by atoms with Crippen LogP contribution in [0.5, 0.6) is 0 Å². The van der Waals surface area contributed by atoms with Gasteiger partial charge in [0, 0.05) is 41.3 Å². The molecule has 0 saturated carbocycles. The van der Waals surface area contributed by atoms with Crippen LogP contribution in [0.4, 0.5) is 10.3 Å². The van der Waals surface area contributed by atoms with E-state index in [1.54, 1.807) is 30.7 Å². The Hall–Kier alpha value is -3.30. The standard InChI is InChI=1S/C22H19ClFN7O/c1-12-8-27-20-19(16-4-3-15(23)7-17(16)24)29-22(30-21(20)28-12)31-5-6-32-18(11-31)14-9-25-13(2)26-10-14/h3-4,7-10,18H,5-6,11H2,1-2H3/t18-/m0/s1. The molecular formula is C22H19ClFN7O. The summed E-state index contributed by atoms with van der Waals surface area (Å²) < 4.78 is 20.7. The molecule has 1 aromatic carbocycles. The molecule has 1 fully saturated rings. The molecule has 1 saturated heterocycles. The summed E-state index contributed by atoms with van der Waals surface area (Å²) in [4.78, 5) is 28.8. The Labute approximate surface area is 188 Å². The highest BCUT2D eigenvalue weighted by atomic mass is 35.5. The van der Waals surface area contributed by atoms with Crippen LogP contribution in [-0.2, 0) is 4.74 Å². The van der Waals surface area contributed by atoms with Gasteiger partial charge in [-0.15, -0.1) is 0 Å². The summed E-state index contributed by atoms with van der Waals surface area (Å²) in [5, 5.41) is 0.308. The van der Waals surface area contributed by atoms with Crippen LogP contribution >= 0.6 is 11.6 Å². The summed E-state index contributed by atoms with van der Waals surface area (Å²) in [5.74, 6) is 0.647. The number of nitrogens with zero attached hydrogens (tertiary/aromatic N) is 7. The van der Waals surface area contributed by atoms with Crippen molar-refractivity contribution in [3.8, 4) is 11.3 Å². The minimum absolute atomic E-state index is 0.233. The normalized spacial score (nSPS) is 16.5. The van der Waals surface area contributed by atoms with Crippen molar-refractivity contribution in [1.29, 1.82) is 0 Å². The lowest BCUT2D eigenvalue weighted by Gasteiger charge is -2.33. The van der Waals surface area contributed by atoms with E-state index in [1.165, 1.54) is 6.07 Å². The average molecular weight is 452 g/mol. The summed E-state index contributed by atoms with van der Waals surface area (Å²) in [5.41, 5.74) is 3.08. The van der Waals surface area contributed by atoms with Gasteiger partial charge in [-0.25, -0.2) is 29.3 Å². The maximum atomic E-state index is 14.8. The van der Waals surface area contributed by atoms with Crippen LogP contribution < -0.4 is 4.90 Å². The van der Waals surface area contributed by atoms with E-state index in [0.29, 0.717) is 59.0 Å². The fourth-order valence-corrected chi connectivity index (χ4v) is 3.75. The number of fused-ring (bicyclic) bond motifs is 1. The van der Waals surface area contributed by atoms with E-state index in [1.807, 2.05) is 18.7 Å². The van der Waals surface area contributed by atoms with Crippen LogP contribution in [0.2, 0.25) is 5.02 Å². The number of hydrogen-bond donors (Lipinski definition) is 0. The quantitative estimate of drug-likeness (QED) is 0.463. The van der Waals surface area contributed by atoms with Gasteiger partial charge in [0.05, 0.1) is 18.8 Å². The molecule has 162 valence electrons. The number of hydrogen-bond acceptors (Lipinski definition) is 8. The molecule has 3 aromatic heterocycles. The third kappa shape index (κ3) is 3.96. The van der Waals surface area contributed by atoms with Gasteiger partial charge in [0.2, 0.25) is 5.95 Å². The van der Waals surface area contributed by atoms with Crippen molar-refractivity contribution in [1.82, 2.24) is 29.9 Å². The van der Waals surface area contributed by atoms with Gasteiger partial charge in [-0.3, -0.25) is 0 Å². The molecule has 4 aromatic rings. The number of anilines is 1. The second-order valence-electron chi connectivity index (χ2n) is 7.55. The van der Waals surface area contributed by atoms with Crippen molar-refractivity contribution in [2.45, 2.75) is 20.0 Å². The highest BCUT2D eigenvalue weighted by Gasteiger charge is 2.26. The molecule has 0 radical (unpaired) electrons. The van der Waals surface area contributed by atoms with Gasteiger partial charge in [-0.2, -0.15) is 4.98 Å². The van der Waals surface area contributed by atoms with Crippen molar-refractivity contribution in [3.63, 3.8) is 0 Å². The lowest BCUT2D eigenvalue weighted by molar-refractivity contribution is 0.0388. The van der Waals surface area contributed by atoms with Crippen molar-refractivity contribution >= 4 is 28.7 Å². The topological polar surface area (TPSA) is 89.8 Å². The molecule has 10 heteroatoms. The Morgan fingerprint density at radius 1 is 1.06 bits per heavy atom. The number of rotatable bonds is 3. The molecule has 1 aliphatic heterocycles. The van der Waals surface area contributed by atoms with Crippen molar-refractivity contribution < 1.29 is 9.13 Å². The smallest absolute Gasteiger partial charge is 0.228 e. The first-order chi connectivity index (χ1) is 15.5. The molecule has 0 spiro atoms. The van der Waals surface area contributed by atoms with E-state index < -0.39 is 5.82 Å². The monoisotopic (exact) mass is 451 g/mol. The van der Waals surface area contributed by atoms with Gasteiger partial charge in [-0.1, -0.05) is 11.6 Å². The minimum atomic E-state index is -0.484. The Kier molecular flexibility index (Phi) is 5.36. The summed E-state index contributed by atoms with van der Waals surface area (Å²) in [6.45, 7) is 5.22. The Balaban J connectivity index is 1.58. The molecule has 0 unspecified atom stereocenters. The molecule has 1 atom stereocenters. The number of ether oxygens (including phenoxy) is 1. The van der Waals surface area contributed by atoms with E-state index in [2.05, 4.69) is 24.9 Å². The highest BCUT2D eigenvalue weighted by Crippen LogP contribution is 2.31. The zero-order valence-electron chi connectivity index (χ0n) is 17.5. The van der Waals surface area contributed by atoms with Crippen molar-refractivity contribution in [3.05, 3.63) is 64.7 Å². The molecule has 4 heterocycles. The lowest BCUT2D eigenvalue weighted by Crippen LogP contribution is -2.39. The largest absolute Gasteiger partial charge is 0.370 e. The van der Waals surface area contributed by atoms with Crippen LogP contribution in [0.25, 0.3) is 22.4 Å². The first-order valence-corrected chi connectivity index (χ1v) is 10.5. The zero-order valence-corrected chi connectivity index (χ0v) is 18.2. The van der Waals surface area contributed by atoms with E-state index in [0.717, 1.165) is 5.56 Å². The Morgan fingerprint density at radius 3 is 2.66 bits per heavy atom. The van der Waals surface area contributed by atoms with Gasteiger partial charge in [0.25, 0.3) is 0 Å². The number of halogens is 2. The van der Waals surface area contributed by atoms with E-state index in [4.69, 9.17) is 21.3 Å². The number of benzene rings is 1. The van der Waals surface area contributed by atoms with Gasteiger partial charge < -0.3 is 9.64 Å². The minimum Gasteiger partial charge on any atom is -0.370 e. The van der Waals surface area contributed by atoms with E-state index in [-0.39, 0.29) is 11.7 Å². The SMILES string of the molecule is Cc1cnc2c(-c3ccc(Cl)cc3F)nc(N3CCO[C@H](c4cnc(C)nc4)C3)nc2n1. The number of aryl methyl sites for hydroxylation is 2. The maximum absolute atomic E-state index is 14.8. The van der Waals surface area contributed by atoms with Crippen molar-refractivity contribution in [2.75, 3.05) is 24.6 Å². The average Bonchev–Trinajstić information content (AvgIpc) is 2.79. The van der Waals surface area contributed by atoms with Crippen LogP contribution in [0.3, 0.4) is 0 Å². The van der Waals surface area contributed by atoms with Crippen LogP contribution in [-0.4, -0.2) is 49.6 Å². The molecule has 0 amide bonds. The van der Waals surface area contributed by atoms with E-state index >= 15 is 0 Å². The van der Waals surface area contributed by atoms with Gasteiger partial charge in [0.15, 0.2) is 5.65 Å². The first kappa shape index (κ1) is 20.6. The second-order valence-corrected chi connectivity index (χ2v) is 7.99. The van der Waals surface area contributed by atoms with Gasteiger partial charge in [-0.05, 0) is 32.0 Å². The summed E-state index contributed by atoms with van der Waals surface area (Å²) in [6, 6.07) is 4.47. The second kappa shape index (κ2) is 8.33. The third-order valence-corrected chi connectivity index (χ3v) is 5.46. The molecule has 0 N–H and O–H groups in total. The van der Waals surface area contributed by atoms with Crippen LogP contribution in [0.1, 0.15) is 23.2 Å². The maximum Gasteiger partial charge on any atom is 0.228 e. The van der Waals surface area contributed by atoms with Gasteiger partial charge in [0.1, 0.15) is 29.0 Å². The molecule has 0 aliphatic carbocycles. The summed E-state index contributed by atoms with van der Waals surface area (Å²) in [7, 11) is 0. The molecule has 5 rings (SSSR count). The van der Waals surface area contributed by atoms with Gasteiger partial charge >= 0.3 is 0 Å². The Bertz CT molecular complexity index is 1300. The third-order valence-electron chi connectivity index (χ3n) is 5.22. The molecule has 0 bridgehead atoms. The fourth-order valence-electron chi connectivity index (χ4n) is 3.59.